The van der Waals surface area contributed by atoms with Crippen LogP contribution >= 0.6 is 0 Å². The zero-order valence-electron chi connectivity index (χ0n) is 24.6. The molecule has 0 bridgehead atoms. The fourth-order valence-corrected chi connectivity index (χ4v) is 4.74. The molecule has 1 saturated heterocycles. The Bertz CT molecular complexity index is 1240. The molecule has 1 fully saturated rings. The average molecular weight is 567 g/mol. The number of rotatable bonds is 6. The van der Waals surface area contributed by atoms with Gasteiger partial charge in [0.05, 0.1) is 10.6 Å². The van der Waals surface area contributed by atoms with E-state index in [-0.39, 0.29) is 11.4 Å². The first kappa shape index (κ1) is 32.7. The van der Waals surface area contributed by atoms with Gasteiger partial charge in [0.2, 0.25) is 5.95 Å². The van der Waals surface area contributed by atoms with Gasteiger partial charge in [0.1, 0.15) is 17.3 Å². The van der Waals surface area contributed by atoms with Gasteiger partial charge in [0.15, 0.2) is 0 Å². The van der Waals surface area contributed by atoms with E-state index in [0.29, 0.717) is 16.4 Å². The van der Waals surface area contributed by atoms with E-state index >= 15 is 0 Å². The highest BCUT2D eigenvalue weighted by molar-refractivity contribution is 7.83. The molecular weight excluding hydrogens is 524 g/mol. The number of hydrogen-bond donors (Lipinski definition) is 2. The third kappa shape index (κ3) is 10.3. The third-order valence-corrected chi connectivity index (χ3v) is 7.10. The first-order chi connectivity index (χ1) is 19.1. The van der Waals surface area contributed by atoms with Crippen molar-refractivity contribution < 1.29 is 13.8 Å². The standard InChI is InChI=1S/C26H32N6O2S.C2H4O.C2H6/c1-26(2,3)30-35(34)22-11-7-19(8-12-22)23-13-14-27-25(29-23)28-21-9-5-20(6-10-21)24(33)32-17-15-31(4)16-18-32;1-2-3;1-2/h5-14,30H,15-18H2,1-4H3,(H,27,28,29);2H,1H3;1-2H3. The number of nitrogens with zero attached hydrogens (tertiary/aromatic N) is 4. The molecule has 10 heteroatoms. The van der Waals surface area contributed by atoms with E-state index in [0.717, 1.165) is 49.4 Å². The first-order valence-corrected chi connectivity index (χ1v) is 14.6. The predicted molar refractivity (Wildman–Crippen MR) is 163 cm³/mol. The molecule has 1 aromatic heterocycles. The summed E-state index contributed by atoms with van der Waals surface area (Å²) < 4.78 is 15.5. The van der Waals surface area contributed by atoms with Gasteiger partial charge in [-0.05, 0) is 77.2 Å². The maximum atomic E-state index is 12.8. The van der Waals surface area contributed by atoms with Gasteiger partial charge in [-0.1, -0.05) is 26.0 Å². The van der Waals surface area contributed by atoms with E-state index in [2.05, 4.69) is 32.0 Å². The Balaban J connectivity index is 0.00000105. The summed E-state index contributed by atoms with van der Waals surface area (Å²) in [6.07, 6.45) is 2.45. The second-order valence-corrected chi connectivity index (χ2v) is 11.2. The molecule has 1 amide bonds. The van der Waals surface area contributed by atoms with Crippen molar-refractivity contribution in [2.75, 3.05) is 38.5 Å². The highest BCUT2D eigenvalue weighted by atomic mass is 32.2. The molecule has 0 spiro atoms. The van der Waals surface area contributed by atoms with Gasteiger partial charge in [-0.2, -0.15) is 0 Å². The van der Waals surface area contributed by atoms with Crippen LogP contribution in [0.5, 0.6) is 0 Å². The Labute approximate surface area is 241 Å². The number of piperazine rings is 1. The van der Waals surface area contributed by atoms with Crippen molar-refractivity contribution in [1.82, 2.24) is 24.5 Å². The van der Waals surface area contributed by atoms with Crippen molar-refractivity contribution in [2.24, 2.45) is 0 Å². The number of likely N-dealkylation sites (N-methyl/N-ethyl adjacent to an activating group) is 1. The van der Waals surface area contributed by atoms with E-state index < -0.39 is 11.0 Å². The monoisotopic (exact) mass is 566 g/mol. The minimum absolute atomic E-state index is 0.0602. The van der Waals surface area contributed by atoms with Crippen LogP contribution in [0, 0.1) is 0 Å². The van der Waals surface area contributed by atoms with Crippen LogP contribution in [0.15, 0.2) is 65.7 Å². The summed E-state index contributed by atoms with van der Waals surface area (Å²) in [5.41, 5.74) is 2.89. The number of aldehydes is 1. The van der Waals surface area contributed by atoms with Gasteiger partial charge in [-0.3, -0.25) is 4.79 Å². The molecule has 9 nitrogen and oxygen atoms in total. The molecule has 0 aliphatic carbocycles. The van der Waals surface area contributed by atoms with Crippen LogP contribution in [0.4, 0.5) is 11.6 Å². The van der Waals surface area contributed by atoms with Crippen molar-refractivity contribution in [3.63, 3.8) is 0 Å². The van der Waals surface area contributed by atoms with Crippen molar-refractivity contribution in [2.45, 2.75) is 52.0 Å². The van der Waals surface area contributed by atoms with E-state index in [1.807, 2.05) is 94.1 Å². The Morgan fingerprint density at radius 3 is 2.08 bits per heavy atom. The van der Waals surface area contributed by atoms with Gasteiger partial charge < -0.3 is 19.9 Å². The lowest BCUT2D eigenvalue weighted by Crippen LogP contribution is -2.47. The number of anilines is 2. The minimum atomic E-state index is -1.28. The highest BCUT2D eigenvalue weighted by Crippen LogP contribution is 2.22. The van der Waals surface area contributed by atoms with Crippen LogP contribution in [0.3, 0.4) is 0 Å². The van der Waals surface area contributed by atoms with Gasteiger partial charge in [0, 0.05) is 54.7 Å². The summed E-state index contributed by atoms with van der Waals surface area (Å²) in [5, 5.41) is 3.21. The van der Waals surface area contributed by atoms with Crippen LogP contribution in [-0.4, -0.2) is 74.9 Å². The number of carbonyl (C=O) groups is 2. The number of benzene rings is 2. The molecule has 1 aliphatic heterocycles. The largest absolute Gasteiger partial charge is 0.336 e. The number of hydrogen-bond acceptors (Lipinski definition) is 7. The second kappa shape index (κ2) is 16.0. The van der Waals surface area contributed by atoms with E-state index in [1.54, 1.807) is 6.20 Å². The van der Waals surface area contributed by atoms with Crippen molar-refractivity contribution in [1.29, 1.82) is 0 Å². The summed E-state index contributed by atoms with van der Waals surface area (Å²) >= 11 is 0. The predicted octanol–water partition coefficient (Wildman–Crippen LogP) is 4.92. The van der Waals surface area contributed by atoms with Gasteiger partial charge in [0.25, 0.3) is 5.91 Å². The van der Waals surface area contributed by atoms with Crippen LogP contribution in [-0.2, 0) is 15.8 Å². The van der Waals surface area contributed by atoms with Crippen LogP contribution in [0.25, 0.3) is 11.3 Å². The van der Waals surface area contributed by atoms with Gasteiger partial charge in [-0.25, -0.2) is 18.9 Å². The Kier molecular flexibility index (Phi) is 13.1. The third-order valence-electron chi connectivity index (χ3n) is 5.60. The fourth-order valence-electron chi connectivity index (χ4n) is 3.68. The summed E-state index contributed by atoms with van der Waals surface area (Å²) in [6.45, 7) is 14.7. The number of nitrogens with one attached hydrogen (secondary N) is 2. The Hall–Kier alpha value is -3.47. The summed E-state index contributed by atoms with van der Waals surface area (Å²) in [5.74, 6) is 0.521. The van der Waals surface area contributed by atoms with E-state index in [9.17, 15) is 9.00 Å². The lowest BCUT2D eigenvalue weighted by molar-refractivity contribution is -0.106. The zero-order valence-corrected chi connectivity index (χ0v) is 25.4. The first-order valence-electron chi connectivity index (χ1n) is 13.5. The molecule has 0 radical (unpaired) electrons. The Morgan fingerprint density at radius 1 is 0.950 bits per heavy atom. The van der Waals surface area contributed by atoms with Crippen LogP contribution in [0.1, 0.15) is 51.9 Å². The lowest BCUT2D eigenvalue weighted by Gasteiger charge is -2.32. The van der Waals surface area contributed by atoms with Gasteiger partial charge >= 0.3 is 0 Å². The summed E-state index contributed by atoms with van der Waals surface area (Å²) in [4.78, 5) is 35.3. The fraction of sp³-hybridized carbons (Fsp3) is 0.400. The molecule has 2 heterocycles. The molecule has 4 rings (SSSR count). The van der Waals surface area contributed by atoms with Crippen LogP contribution < -0.4 is 10.0 Å². The maximum Gasteiger partial charge on any atom is 0.253 e. The molecule has 40 heavy (non-hydrogen) atoms. The minimum Gasteiger partial charge on any atom is -0.336 e. The van der Waals surface area contributed by atoms with Crippen LogP contribution in [0.2, 0.25) is 0 Å². The van der Waals surface area contributed by atoms with Crippen molar-refractivity contribution >= 4 is 34.8 Å². The maximum absolute atomic E-state index is 12.8. The lowest BCUT2D eigenvalue weighted by atomic mass is 10.1. The van der Waals surface area contributed by atoms with Crippen molar-refractivity contribution in [3.05, 3.63) is 66.4 Å². The molecule has 2 aromatic carbocycles. The number of carbonyl (C=O) groups excluding carboxylic acids is 2. The molecule has 216 valence electrons. The SMILES string of the molecule is CC.CC=O.CN1CCN(C(=O)c2ccc(Nc3nccc(-c4ccc(S(=O)NC(C)(C)C)cc4)n3)cc2)CC1. The second-order valence-electron chi connectivity index (χ2n) is 9.94. The highest BCUT2D eigenvalue weighted by Gasteiger charge is 2.20. The quantitative estimate of drug-likeness (QED) is 0.408. The number of aromatic nitrogens is 2. The van der Waals surface area contributed by atoms with Gasteiger partial charge in [-0.15, -0.1) is 0 Å². The smallest absolute Gasteiger partial charge is 0.253 e. The molecular formula is C30H42N6O3S. The van der Waals surface area contributed by atoms with E-state index in [4.69, 9.17) is 4.79 Å². The Morgan fingerprint density at radius 2 is 1.52 bits per heavy atom. The molecule has 1 atom stereocenters. The summed E-state index contributed by atoms with van der Waals surface area (Å²) in [6, 6.07) is 16.7. The average Bonchev–Trinajstić information content (AvgIpc) is 2.94. The number of amides is 1. The molecule has 2 N–H and O–H groups in total. The zero-order chi connectivity index (χ0) is 29.7. The molecule has 1 aliphatic rings. The molecule has 0 saturated carbocycles. The van der Waals surface area contributed by atoms with E-state index in [1.165, 1.54) is 6.92 Å². The molecule has 1 unspecified atom stereocenters. The summed E-state index contributed by atoms with van der Waals surface area (Å²) in [7, 11) is 0.790. The topological polar surface area (TPSA) is 108 Å². The normalized spacial score (nSPS) is 14.1. The van der Waals surface area contributed by atoms with Crippen molar-refractivity contribution in [3.8, 4) is 11.3 Å². The molecule has 3 aromatic rings.